The highest BCUT2D eigenvalue weighted by Gasteiger charge is 2.21. The molecule has 1 heterocycles. The molecule has 1 fully saturated rings. The molecule has 0 N–H and O–H groups in total. The van der Waals surface area contributed by atoms with Gasteiger partial charge in [0.2, 0.25) is 0 Å². The van der Waals surface area contributed by atoms with Gasteiger partial charge in [-0.1, -0.05) is 0 Å². The Kier molecular flexibility index (Phi) is 4.13. The molecule has 0 unspecified atom stereocenters. The van der Waals surface area contributed by atoms with Crippen LogP contribution in [0.1, 0.15) is 17.4 Å². The Hall–Kier alpha value is -1.92. The van der Waals surface area contributed by atoms with Crippen LogP contribution < -0.4 is 0 Å². The fourth-order valence-electron chi connectivity index (χ4n) is 1.80. The Labute approximate surface area is 111 Å². The van der Waals surface area contributed by atoms with E-state index in [0.29, 0.717) is 18.8 Å². The topological polar surface area (TPSA) is 64.8 Å². The molecule has 1 aliphatic rings. The van der Waals surface area contributed by atoms with Gasteiger partial charge in [-0.3, -0.25) is 10.1 Å². The van der Waals surface area contributed by atoms with Gasteiger partial charge in [0.1, 0.15) is 0 Å². The maximum atomic E-state index is 11.0. The van der Waals surface area contributed by atoms with Crippen molar-refractivity contribution < 1.29 is 14.4 Å². The summed E-state index contributed by atoms with van der Waals surface area (Å²) in [6, 6.07) is 4.88. The SMILES string of the molecule is CN(C)/C=C/c1cc(C2OCCO2)ccc1[N+](=O)[O-]. The molecule has 1 aliphatic heterocycles. The second kappa shape index (κ2) is 5.81. The third kappa shape index (κ3) is 3.30. The second-order valence-electron chi connectivity index (χ2n) is 4.43. The van der Waals surface area contributed by atoms with Crippen molar-refractivity contribution in [2.45, 2.75) is 6.29 Å². The Bertz CT molecular complexity index is 493. The van der Waals surface area contributed by atoms with Crippen LogP contribution >= 0.6 is 0 Å². The first kappa shape index (κ1) is 13.5. The molecule has 6 heteroatoms. The molecule has 0 spiro atoms. The zero-order valence-corrected chi connectivity index (χ0v) is 10.9. The molecule has 19 heavy (non-hydrogen) atoms. The Morgan fingerprint density at radius 2 is 2.05 bits per heavy atom. The molecule has 0 atom stereocenters. The second-order valence-corrected chi connectivity index (χ2v) is 4.43. The summed E-state index contributed by atoms with van der Waals surface area (Å²) in [4.78, 5) is 12.4. The monoisotopic (exact) mass is 264 g/mol. The fourth-order valence-corrected chi connectivity index (χ4v) is 1.80. The number of benzene rings is 1. The normalized spacial score (nSPS) is 16.1. The van der Waals surface area contributed by atoms with Gasteiger partial charge in [-0.15, -0.1) is 0 Å². The molecule has 2 rings (SSSR count). The maximum Gasteiger partial charge on any atom is 0.276 e. The maximum absolute atomic E-state index is 11.0. The molecule has 102 valence electrons. The van der Waals surface area contributed by atoms with Crippen LogP contribution in [0.15, 0.2) is 24.4 Å². The average molecular weight is 264 g/mol. The lowest BCUT2D eigenvalue weighted by Crippen LogP contribution is -2.02. The molecule has 0 bridgehead atoms. The van der Waals surface area contributed by atoms with Gasteiger partial charge in [0.25, 0.3) is 5.69 Å². The molecular formula is C13H16N2O4. The third-order valence-electron chi connectivity index (χ3n) is 2.69. The van der Waals surface area contributed by atoms with Crippen molar-refractivity contribution in [1.82, 2.24) is 4.90 Å². The predicted octanol–water partition coefficient (Wildman–Crippen LogP) is 2.17. The highest BCUT2D eigenvalue weighted by molar-refractivity contribution is 5.61. The summed E-state index contributed by atoms with van der Waals surface area (Å²) in [7, 11) is 3.71. The van der Waals surface area contributed by atoms with E-state index in [1.807, 2.05) is 19.0 Å². The minimum atomic E-state index is -0.424. The first-order valence-corrected chi connectivity index (χ1v) is 5.94. The molecular weight excluding hydrogens is 248 g/mol. The van der Waals surface area contributed by atoms with E-state index in [9.17, 15) is 10.1 Å². The van der Waals surface area contributed by atoms with Crippen LogP contribution in [0.3, 0.4) is 0 Å². The lowest BCUT2D eigenvalue weighted by molar-refractivity contribution is -0.385. The molecule has 1 aromatic carbocycles. The summed E-state index contributed by atoms with van der Waals surface area (Å²) in [6.45, 7) is 1.09. The average Bonchev–Trinajstić information content (AvgIpc) is 2.89. The predicted molar refractivity (Wildman–Crippen MR) is 70.5 cm³/mol. The lowest BCUT2D eigenvalue weighted by Gasteiger charge is -2.10. The number of nitro groups is 1. The van der Waals surface area contributed by atoms with E-state index in [2.05, 4.69) is 0 Å². The Morgan fingerprint density at radius 3 is 2.63 bits per heavy atom. The van der Waals surface area contributed by atoms with Crippen LogP contribution in [0.2, 0.25) is 0 Å². The van der Waals surface area contributed by atoms with Crippen molar-refractivity contribution in [2.75, 3.05) is 27.3 Å². The van der Waals surface area contributed by atoms with Crippen molar-refractivity contribution in [1.29, 1.82) is 0 Å². The van der Waals surface area contributed by atoms with Crippen molar-refractivity contribution in [3.05, 3.63) is 45.6 Å². The van der Waals surface area contributed by atoms with E-state index in [4.69, 9.17) is 9.47 Å². The highest BCUT2D eigenvalue weighted by Crippen LogP contribution is 2.28. The highest BCUT2D eigenvalue weighted by atomic mass is 16.7. The summed E-state index contributed by atoms with van der Waals surface area (Å²) in [5.41, 5.74) is 1.40. The van der Waals surface area contributed by atoms with Gasteiger partial charge in [0.15, 0.2) is 6.29 Å². The minimum Gasteiger partial charge on any atom is -0.383 e. The van der Waals surface area contributed by atoms with E-state index in [1.54, 1.807) is 24.4 Å². The van der Waals surface area contributed by atoms with Gasteiger partial charge in [-0.05, 0) is 24.4 Å². The van der Waals surface area contributed by atoms with E-state index in [1.165, 1.54) is 6.07 Å². The van der Waals surface area contributed by atoms with Gasteiger partial charge in [0, 0.05) is 25.7 Å². The van der Waals surface area contributed by atoms with E-state index in [0.717, 1.165) is 5.56 Å². The van der Waals surface area contributed by atoms with Crippen LogP contribution in [-0.2, 0) is 9.47 Å². The van der Waals surface area contributed by atoms with Gasteiger partial charge < -0.3 is 14.4 Å². The van der Waals surface area contributed by atoms with Crippen molar-refractivity contribution in [3.8, 4) is 0 Å². The van der Waals surface area contributed by atoms with Crippen LogP contribution in [0.5, 0.6) is 0 Å². The minimum absolute atomic E-state index is 0.0693. The Balaban J connectivity index is 2.34. The van der Waals surface area contributed by atoms with Crippen molar-refractivity contribution in [3.63, 3.8) is 0 Å². The molecule has 0 amide bonds. The van der Waals surface area contributed by atoms with Gasteiger partial charge in [0.05, 0.1) is 23.7 Å². The Morgan fingerprint density at radius 1 is 1.37 bits per heavy atom. The van der Waals surface area contributed by atoms with Gasteiger partial charge in [-0.25, -0.2) is 0 Å². The number of nitrogens with zero attached hydrogens (tertiary/aromatic N) is 2. The van der Waals surface area contributed by atoms with E-state index < -0.39 is 11.2 Å². The summed E-state index contributed by atoms with van der Waals surface area (Å²) >= 11 is 0. The van der Waals surface area contributed by atoms with E-state index in [-0.39, 0.29) is 5.69 Å². The van der Waals surface area contributed by atoms with Crippen LogP contribution in [0.25, 0.3) is 6.08 Å². The summed E-state index contributed by atoms with van der Waals surface area (Å²) in [5.74, 6) is 0. The number of hydrogen-bond donors (Lipinski definition) is 0. The molecule has 1 aromatic rings. The summed E-state index contributed by atoms with van der Waals surface area (Å²) in [5, 5.41) is 11.0. The summed E-state index contributed by atoms with van der Waals surface area (Å²) in [6.07, 6.45) is 3.05. The molecule has 0 radical (unpaired) electrons. The smallest absolute Gasteiger partial charge is 0.276 e. The van der Waals surface area contributed by atoms with Crippen molar-refractivity contribution in [2.24, 2.45) is 0 Å². The van der Waals surface area contributed by atoms with Crippen LogP contribution in [0.4, 0.5) is 5.69 Å². The lowest BCUT2D eigenvalue weighted by atomic mass is 10.1. The molecule has 1 saturated heterocycles. The zero-order chi connectivity index (χ0) is 13.8. The standard InChI is InChI=1S/C13H16N2O4/c1-14(2)6-5-10-9-11(13-18-7-8-19-13)3-4-12(10)15(16)17/h3-6,9,13H,7-8H2,1-2H3/b6-5+. The number of rotatable bonds is 4. The number of ether oxygens (including phenoxy) is 2. The number of nitro benzene ring substituents is 1. The van der Waals surface area contributed by atoms with E-state index >= 15 is 0 Å². The summed E-state index contributed by atoms with van der Waals surface area (Å²) < 4.78 is 10.8. The van der Waals surface area contributed by atoms with Crippen molar-refractivity contribution >= 4 is 11.8 Å². The zero-order valence-electron chi connectivity index (χ0n) is 10.9. The first-order valence-electron chi connectivity index (χ1n) is 5.94. The fraction of sp³-hybridized carbons (Fsp3) is 0.385. The molecule has 0 saturated carbocycles. The first-order chi connectivity index (χ1) is 9.08. The largest absolute Gasteiger partial charge is 0.383 e. The van der Waals surface area contributed by atoms with Gasteiger partial charge in [-0.2, -0.15) is 0 Å². The van der Waals surface area contributed by atoms with Crippen LogP contribution in [-0.4, -0.2) is 37.1 Å². The third-order valence-corrected chi connectivity index (χ3v) is 2.69. The van der Waals surface area contributed by atoms with Crippen LogP contribution in [0, 0.1) is 10.1 Å². The molecule has 0 aliphatic carbocycles. The van der Waals surface area contributed by atoms with Gasteiger partial charge >= 0.3 is 0 Å². The quantitative estimate of drug-likeness (QED) is 0.616. The molecule has 6 nitrogen and oxygen atoms in total. The number of hydrogen-bond acceptors (Lipinski definition) is 5. The molecule has 0 aromatic heterocycles.